The van der Waals surface area contributed by atoms with Crippen molar-refractivity contribution in [2.24, 2.45) is 0 Å². The highest BCUT2D eigenvalue weighted by molar-refractivity contribution is 6.30. The third-order valence-electron chi connectivity index (χ3n) is 3.57. The Morgan fingerprint density at radius 1 is 1.10 bits per heavy atom. The smallest absolute Gasteiger partial charge is 0.319 e. The van der Waals surface area contributed by atoms with E-state index in [1.54, 1.807) is 0 Å². The van der Waals surface area contributed by atoms with Crippen LogP contribution in [0.1, 0.15) is 29.7 Å². The first kappa shape index (κ1) is 15.4. The molecule has 2 amide bonds. The Bertz CT molecular complexity index is 638. The van der Waals surface area contributed by atoms with Gasteiger partial charge in [-0.15, -0.1) is 0 Å². The molecule has 0 bridgehead atoms. The molecule has 0 heterocycles. The van der Waals surface area contributed by atoms with E-state index in [9.17, 15) is 4.79 Å². The number of hydrogen-bond donors (Lipinski definition) is 2. The maximum absolute atomic E-state index is 12.1. The van der Waals surface area contributed by atoms with Gasteiger partial charge in [-0.3, -0.25) is 0 Å². The van der Waals surface area contributed by atoms with Crippen molar-refractivity contribution in [3.63, 3.8) is 0 Å². The quantitative estimate of drug-likeness (QED) is 0.837. The molecule has 2 N–H and O–H groups in total. The molecule has 0 saturated heterocycles. The largest absolute Gasteiger partial charge is 0.331 e. The summed E-state index contributed by atoms with van der Waals surface area (Å²) in [5.74, 6) is 0. The summed E-state index contributed by atoms with van der Waals surface area (Å²) in [6.45, 7) is 5.95. The molecule has 2 aromatic carbocycles. The lowest BCUT2D eigenvalue weighted by Gasteiger charge is -2.16. The van der Waals surface area contributed by atoms with Crippen LogP contribution in [0.15, 0.2) is 42.5 Å². The van der Waals surface area contributed by atoms with Crippen LogP contribution in [0.3, 0.4) is 0 Å². The summed E-state index contributed by atoms with van der Waals surface area (Å²) in [4.78, 5) is 12.1. The summed E-state index contributed by atoms with van der Waals surface area (Å²) in [5.41, 5.74) is 4.07. The van der Waals surface area contributed by atoms with E-state index in [2.05, 4.69) is 10.6 Å². The molecule has 1 atom stereocenters. The molecule has 0 aliphatic rings. The van der Waals surface area contributed by atoms with E-state index in [-0.39, 0.29) is 12.1 Å². The van der Waals surface area contributed by atoms with Crippen LogP contribution in [0.2, 0.25) is 5.02 Å². The zero-order valence-electron chi connectivity index (χ0n) is 12.4. The maximum atomic E-state index is 12.1. The van der Waals surface area contributed by atoms with Gasteiger partial charge in [-0.1, -0.05) is 35.9 Å². The zero-order chi connectivity index (χ0) is 15.4. The number of carbonyl (C=O) groups excluding carboxylic acids is 1. The summed E-state index contributed by atoms with van der Waals surface area (Å²) in [6, 6.07) is 13.0. The molecule has 4 heteroatoms. The van der Waals surface area contributed by atoms with Crippen LogP contribution in [-0.2, 0) is 0 Å². The van der Waals surface area contributed by atoms with Crippen LogP contribution in [0.4, 0.5) is 10.5 Å². The first-order chi connectivity index (χ1) is 9.97. The maximum Gasteiger partial charge on any atom is 0.319 e. The summed E-state index contributed by atoms with van der Waals surface area (Å²) in [7, 11) is 0. The van der Waals surface area contributed by atoms with E-state index >= 15 is 0 Å². The van der Waals surface area contributed by atoms with Gasteiger partial charge in [-0.25, -0.2) is 4.79 Å². The van der Waals surface area contributed by atoms with E-state index in [0.29, 0.717) is 5.02 Å². The first-order valence-electron chi connectivity index (χ1n) is 6.86. The van der Waals surface area contributed by atoms with Crippen molar-refractivity contribution in [3.05, 3.63) is 64.2 Å². The Kier molecular flexibility index (Phi) is 4.86. The lowest BCUT2D eigenvalue weighted by molar-refractivity contribution is 0.249. The Labute approximate surface area is 130 Å². The molecular formula is C17H19ClN2O. The molecule has 0 unspecified atom stereocenters. The molecule has 0 saturated carbocycles. The van der Waals surface area contributed by atoms with Gasteiger partial charge in [0.25, 0.3) is 0 Å². The third-order valence-corrected chi connectivity index (χ3v) is 3.82. The molecule has 3 nitrogen and oxygen atoms in total. The van der Waals surface area contributed by atoms with Gasteiger partial charge in [0.05, 0.1) is 6.04 Å². The summed E-state index contributed by atoms with van der Waals surface area (Å²) in [5, 5.41) is 6.49. The van der Waals surface area contributed by atoms with E-state index < -0.39 is 0 Å². The first-order valence-corrected chi connectivity index (χ1v) is 7.24. The van der Waals surface area contributed by atoms with Crippen LogP contribution in [-0.4, -0.2) is 6.03 Å². The number of aryl methyl sites for hydroxylation is 1. The number of rotatable bonds is 3. The summed E-state index contributed by atoms with van der Waals surface area (Å²) < 4.78 is 0. The number of benzene rings is 2. The number of anilines is 1. The number of halogens is 1. The highest BCUT2D eigenvalue weighted by Gasteiger charge is 2.10. The van der Waals surface area contributed by atoms with Gasteiger partial charge in [0.15, 0.2) is 0 Å². The second kappa shape index (κ2) is 6.64. The molecule has 0 radical (unpaired) electrons. The van der Waals surface area contributed by atoms with Crippen molar-refractivity contribution in [2.75, 3.05) is 5.32 Å². The predicted octanol–water partition coefficient (Wildman–Crippen LogP) is 4.84. The van der Waals surface area contributed by atoms with Gasteiger partial charge in [-0.05, 0) is 55.7 Å². The molecule has 0 spiro atoms. The minimum atomic E-state index is -0.217. The highest BCUT2D eigenvalue weighted by atomic mass is 35.5. The average molecular weight is 303 g/mol. The second-order valence-corrected chi connectivity index (χ2v) is 5.56. The van der Waals surface area contributed by atoms with Crippen LogP contribution < -0.4 is 10.6 Å². The van der Waals surface area contributed by atoms with Gasteiger partial charge >= 0.3 is 6.03 Å². The summed E-state index contributed by atoms with van der Waals surface area (Å²) >= 11 is 5.86. The van der Waals surface area contributed by atoms with Crippen molar-refractivity contribution < 1.29 is 4.79 Å². The molecule has 110 valence electrons. The SMILES string of the molecule is Cc1cccc(NC(=O)N[C@@H](C)c2ccc(Cl)cc2)c1C. The number of hydrogen-bond acceptors (Lipinski definition) is 1. The standard InChI is InChI=1S/C17H19ClN2O/c1-11-5-4-6-16(12(11)2)20-17(21)19-13(3)14-7-9-15(18)10-8-14/h4-10,13H,1-3H3,(H2,19,20,21)/t13-/m0/s1. The Hall–Kier alpha value is -2.00. The van der Waals surface area contributed by atoms with E-state index in [0.717, 1.165) is 22.4 Å². The van der Waals surface area contributed by atoms with Gasteiger partial charge in [-0.2, -0.15) is 0 Å². The van der Waals surface area contributed by atoms with Gasteiger partial charge < -0.3 is 10.6 Å². The van der Waals surface area contributed by atoms with Crippen molar-refractivity contribution in [3.8, 4) is 0 Å². The minimum absolute atomic E-state index is 0.0904. The number of amides is 2. The molecule has 21 heavy (non-hydrogen) atoms. The van der Waals surface area contributed by atoms with Gasteiger partial charge in [0.1, 0.15) is 0 Å². The van der Waals surface area contributed by atoms with Crippen molar-refractivity contribution in [1.82, 2.24) is 5.32 Å². The fourth-order valence-electron chi connectivity index (χ4n) is 2.08. The minimum Gasteiger partial charge on any atom is -0.331 e. The molecule has 0 aromatic heterocycles. The molecule has 2 aromatic rings. The van der Waals surface area contributed by atoms with E-state index in [4.69, 9.17) is 11.6 Å². The van der Waals surface area contributed by atoms with Crippen molar-refractivity contribution in [2.45, 2.75) is 26.8 Å². The van der Waals surface area contributed by atoms with E-state index in [1.165, 1.54) is 0 Å². The molecule has 0 aliphatic carbocycles. The van der Waals surface area contributed by atoms with E-state index in [1.807, 2.05) is 63.2 Å². The summed E-state index contributed by atoms with van der Waals surface area (Å²) in [6.07, 6.45) is 0. The lowest BCUT2D eigenvalue weighted by atomic mass is 10.1. The van der Waals surface area contributed by atoms with Crippen LogP contribution in [0.5, 0.6) is 0 Å². The van der Waals surface area contributed by atoms with Gasteiger partial charge in [0, 0.05) is 10.7 Å². The molecular weight excluding hydrogens is 284 g/mol. The van der Waals surface area contributed by atoms with Crippen molar-refractivity contribution in [1.29, 1.82) is 0 Å². The van der Waals surface area contributed by atoms with Crippen LogP contribution >= 0.6 is 11.6 Å². The number of carbonyl (C=O) groups is 1. The lowest BCUT2D eigenvalue weighted by Crippen LogP contribution is -2.31. The van der Waals surface area contributed by atoms with Crippen molar-refractivity contribution >= 4 is 23.3 Å². The van der Waals surface area contributed by atoms with Crippen LogP contribution in [0, 0.1) is 13.8 Å². The second-order valence-electron chi connectivity index (χ2n) is 5.12. The number of urea groups is 1. The normalized spacial score (nSPS) is 11.8. The number of nitrogens with one attached hydrogen (secondary N) is 2. The Morgan fingerprint density at radius 2 is 1.76 bits per heavy atom. The Morgan fingerprint density at radius 3 is 2.43 bits per heavy atom. The fraction of sp³-hybridized carbons (Fsp3) is 0.235. The molecule has 2 rings (SSSR count). The van der Waals surface area contributed by atoms with Crippen LogP contribution in [0.25, 0.3) is 0 Å². The Balaban J connectivity index is 2.01. The topological polar surface area (TPSA) is 41.1 Å². The fourth-order valence-corrected chi connectivity index (χ4v) is 2.20. The van der Waals surface area contributed by atoms with Gasteiger partial charge in [0.2, 0.25) is 0 Å². The monoisotopic (exact) mass is 302 g/mol. The zero-order valence-corrected chi connectivity index (χ0v) is 13.2. The third kappa shape index (κ3) is 3.99. The molecule has 0 fully saturated rings. The predicted molar refractivity (Wildman–Crippen MR) is 87.9 cm³/mol. The average Bonchev–Trinajstić information content (AvgIpc) is 2.44. The highest BCUT2D eigenvalue weighted by Crippen LogP contribution is 2.19. The molecule has 0 aliphatic heterocycles.